The van der Waals surface area contributed by atoms with Crippen molar-refractivity contribution in [2.45, 2.75) is 13.5 Å². The molecule has 0 aliphatic heterocycles. The SMILES string of the molecule is CCOC(=O)N(C)c1ccc(NC(=O)c2ccccc2COC)cc1. The molecule has 25 heavy (non-hydrogen) atoms. The number of carbonyl (C=O) groups is 2. The van der Waals surface area contributed by atoms with E-state index in [9.17, 15) is 9.59 Å². The van der Waals surface area contributed by atoms with Crippen molar-refractivity contribution in [2.75, 3.05) is 31.0 Å². The van der Waals surface area contributed by atoms with E-state index in [0.717, 1.165) is 5.56 Å². The van der Waals surface area contributed by atoms with Gasteiger partial charge in [0.2, 0.25) is 0 Å². The van der Waals surface area contributed by atoms with Crippen LogP contribution in [0.4, 0.5) is 16.2 Å². The molecule has 2 rings (SSSR count). The summed E-state index contributed by atoms with van der Waals surface area (Å²) < 4.78 is 10.1. The summed E-state index contributed by atoms with van der Waals surface area (Å²) in [6.07, 6.45) is -0.423. The molecule has 6 heteroatoms. The van der Waals surface area contributed by atoms with Crippen LogP contribution in [-0.2, 0) is 16.1 Å². The number of anilines is 2. The highest BCUT2D eigenvalue weighted by atomic mass is 16.6. The fraction of sp³-hybridized carbons (Fsp3) is 0.263. The lowest BCUT2D eigenvalue weighted by Gasteiger charge is -2.17. The van der Waals surface area contributed by atoms with Gasteiger partial charge >= 0.3 is 6.09 Å². The average Bonchev–Trinajstić information content (AvgIpc) is 2.62. The summed E-state index contributed by atoms with van der Waals surface area (Å²) in [5.74, 6) is -0.209. The van der Waals surface area contributed by atoms with Crippen molar-refractivity contribution in [2.24, 2.45) is 0 Å². The molecule has 1 N–H and O–H groups in total. The second-order valence-electron chi connectivity index (χ2n) is 5.35. The van der Waals surface area contributed by atoms with Crippen LogP contribution in [0.15, 0.2) is 48.5 Å². The van der Waals surface area contributed by atoms with Gasteiger partial charge in [-0.1, -0.05) is 18.2 Å². The predicted octanol–water partition coefficient (Wildman–Crippen LogP) is 3.68. The molecule has 6 nitrogen and oxygen atoms in total. The molecule has 132 valence electrons. The molecule has 0 aliphatic rings. The van der Waals surface area contributed by atoms with Crippen LogP contribution >= 0.6 is 0 Å². The molecule has 0 radical (unpaired) electrons. The first-order chi connectivity index (χ1) is 12.1. The maximum absolute atomic E-state index is 12.5. The Kier molecular flexibility index (Phi) is 6.54. The molecule has 0 saturated carbocycles. The fourth-order valence-corrected chi connectivity index (χ4v) is 2.32. The molecule has 0 atom stereocenters. The maximum Gasteiger partial charge on any atom is 0.413 e. The van der Waals surface area contributed by atoms with Gasteiger partial charge in [0.05, 0.1) is 13.2 Å². The van der Waals surface area contributed by atoms with Crippen LogP contribution < -0.4 is 10.2 Å². The molecule has 0 unspecified atom stereocenters. The van der Waals surface area contributed by atoms with Crippen LogP contribution in [0.25, 0.3) is 0 Å². The van der Waals surface area contributed by atoms with E-state index in [2.05, 4.69) is 5.32 Å². The molecule has 0 aliphatic carbocycles. The highest BCUT2D eigenvalue weighted by molar-refractivity contribution is 6.05. The maximum atomic E-state index is 12.5. The number of carbonyl (C=O) groups excluding carboxylic acids is 2. The molecule has 0 saturated heterocycles. The number of rotatable bonds is 6. The monoisotopic (exact) mass is 342 g/mol. The molecule has 0 bridgehead atoms. The summed E-state index contributed by atoms with van der Waals surface area (Å²) in [7, 11) is 3.22. The van der Waals surface area contributed by atoms with E-state index in [1.54, 1.807) is 51.4 Å². The molecule has 0 spiro atoms. The van der Waals surface area contributed by atoms with Crippen molar-refractivity contribution < 1.29 is 19.1 Å². The zero-order valence-corrected chi connectivity index (χ0v) is 14.6. The van der Waals surface area contributed by atoms with Crippen molar-refractivity contribution in [1.29, 1.82) is 0 Å². The molecule has 2 aromatic rings. The summed E-state index contributed by atoms with van der Waals surface area (Å²) in [5, 5.41) is 2.85. The lowest BCUT2D eigenvalue weighted by atomic mass is 10.1. The first kappa shape index (κ1) is 18.5. The Morgan fingerprint density at radius 2 is 1.76 bits per heavy atom. The van der Waals surface area contributed by atoms with Crippen molar-refractivity contribution >= 4 is 23.4 Å². The highest BCUT2D eigenvalue weighted by Gasteiger charge is 2.13. The smallest absolute Gasteiger partial charge is 0.413 e. The number of ether oxygens (including phenoxy) is 2. The Morgan fingerprint density at radius 1 is 1.08 bits per heavy atom. The van der Waals surface area contributed by atoms with Gasteiger partial charge in [-0.05, 0) is 42.8 Å². The van der Waals surface area contributed by atoms with Crippen LogP contribution in [-0.4, -0.2) is 32.8 Å². The van der Waals surface area contributed by atoms with E-state index in [1.807, 2.05) is 18.2 Å². The molecule has 0 heterocycles. The Bertz CT molecular complexity index is 728. The Hall–Kier alpha value is -2.86. The minimum Gasteiger partial charge on any atom is -0.449 e. The van der Waals surface area contributed by atoms with Crippen molar-refractivity contribution in [1.82, 2.24) is 0 Å². The van der Waals surface area contributed by atoms with Crippen molar-refractivity contribution in [3.63, 3.8) is 0 Å². The Morgan fingerprint density at radius 3 is 2.40 bits per heavy atom. The minimum atomic E-state index is -0.423. The van der Waals surface area contributed by atoms with Gasteiger partial charge < -0.3 is 14.8 Å². The van der Waals surface area contributed by atoms with E-state index in [-0.39, 0.29) is 5.91 Å². The first-order valence-corrected chi connectivity index (χ1v) is 7.95. The quantitative estimate of drug-likeness (QED) is 0.869. The summed E-state index contributed by atoms with van der Waals surface area (Å²) in [5.41, 5.74) is 2.70. The second kappa shape index (κ2) is 8.84. The fourth-order valence-electron chi connectivity index (χ4n) is 2.32. The first-order valence-electron chi connectivity index (χ1n) is 7.95. The largest absolute Gasteiger partial charge is 0.449 e. The van der Waals surface area contributed by atoms with E-state index in [1.165, 1.54) is 4.90 Å². The molecule has 2 amide bonds. The molecule has 2 aromatic carbocycles. The highest BCUT2D eigenvalue weighted by Crippen LogP contribution is 2.19. The van der Waals surface area contributed by atoms with Crippen LogP contribution in [0.1, 0.15) is 22.8 Å². The summed E-state index contributed by atoms with van der Waals surface area (Å²) >= 11 is 0. The number of nitrogens with one attached hydrogen (secondary N) is 1. The van der Waals surface area contributed by atoms with Crippen molar-refractivity contribution in [3.05, 3.63) is 59.7 Å². The topological polar surface area (TPSA) is 67.9 Å². The van der Waals surface area contributed by atoms with Gasteiger partial charge in [-0.15, -0.1) is 0 Å². The third kappa shape index (κ3) is 4.81. The minimum absolute atomic E-state index is 0.209. The number of amides is 2. The van der Waals surface area contributed by atoms with Gasteiger partial charge in [0.25, 0.3) is 5.91 Å². The molecular weight excluding hydrogens is 320 g/mol. The van der Waals surface area contributed by atoms with Gasteiger partial charge in [0.15, 0.2) is 0 Å². The third-order valence-electron chi connectivity index (χ3n) is 3.62. The lowest BCUT2D eigenvalue weighted by molar-refractivity contribution is 0.102. The molecule has 0 aromatic heterocycles. The van der Waals surface area contributed by atoms with Gasteiger partial charge in [-0.3, -0.25) is 9.69 Å². The van der Waals surface area contributed by atoms with Crippen LogP contribution in [0, 0.1) is 0 Å². The van der Waals surface area contributed by atoms with Gasteiger partial charge in [0, 0.05) is 31.1 Å². The normalized spacial score (nSPS) is 10.2. The van der Waals surface area contributed by atoms with Crippen LogP contribution in [0.5, 0.6) is 0 Å². The number of nitrogens with zero attached hydrogens (tertiary/aromatic N) is 1. The average molecular weight is 342 g/mol. The van der Waals surface area contributed by atoms with E-state index >= 15 is 0 Å². The van der Waals surface area contributed by atoms with Gasteiger partial charge in [-0.25, -0.2) is 4.79 Å². The van der Waals surface area contributed by atoms with E-state index < -0.39 is 6.09 Å². The summed E-state index contributed by atoms with van der Waals surface area (Å²) in [4.78, 5) is 25.6. The predicted molar refractivity (Wildman–Crippen MR) is 97.0 cm³/mol. The van der Waals surface area contributed by atoms with Crippen LogP contribution in [0.2, 0.25) is 0 Å². The molecule has 0 fully saturated rings. The molecular formula is C19H22N2O4. The number of hydrogen-bond donors (Lipinski definition) is 1. The van der Waals surface area contributed by atoms with Gasteiger partial charge in [0.1, 0.15) is 0 Å². The Balaban J connectivity index is 2.08. The third-order valence-corrected chi connectivity index (χ3v) is 3.62. The number of methoxy groups -OCH3 is 1. The zero-order chi connectivity index (χ0) is 18.2. The van der Waals surface area contributed by atoms with Crippen molar-refractivity contribution in [3.8, 4) is 0 Å². The summed E-state index contributed by atoms with van der Waals surface area (Å²) in [6, 6.07) is 14.3. The van der Waals surface area contributed by atoms with Gasteiger partial charge in [-0.2, -0.15) is 0 Å². The zero-order valence-electron chi connectivity index (χ0n) is 14.6. The van der Waals surface area contributed by atoms with E-state index in [4.69, 9.17) is 9.47 Å². The number of benzene rings is 2. The standard InChI is InChI=1S/C19H22N2O4/c1-4-25-19(23)21(2)16-11-9-15(10-12-16)20-18(22)17-8-6-5-7-14(17)13-24-3/h5-12H,4,13H2,1-3H3,(H,20,22). The summed E-state index contributed by atoms with van der Waals surface area (Å²) in [6.45, 7) is 2.44. The second-order valence-corrected chi connectivity index (χ2v) is 5.35. The Labute approximate surface area is 147 Å². The number of hydrogen-bond acceptors (Lipinski definition) is 4. The lowest BCUT2D eigenvalue weighted by Crippen LogP contribution is -2.26. The van der Waals surface area contributed by atoms with E-state index in [0.29, 0.717) is 30.2 Å². The van der Waals surface area contributed by atoms with Crippen LogP contribution in [0.3, 0.4) is 0 Å².